The van der Waals surface area contributed by atoms with E-state index in [0.29, 0.717) is 16.4 Å². The molecule has 14 heavy (non-hydrogen) atoms. The lowest BCUT2D eigenvalue weighted by Gasteiger charge is -2.36. The molecule has 1 saturated heterocycles. The fourth-order valence-electron chi connectivity index (χ4n) is 2.10. The standard InChI is InChI=1S/C12H22OS/c1-4-6-11(13)10-7-8-14-12(3,5-2)9-10/h10H,4-9H2,1-3H3. The molecule has 0 radical (unpaired) electrons. The molecule has 2 atom stereocenters. The van der Waals surface area contributed by atoms with Crippen molar-refractivity contribution in [2.75, 3.05) is 5.75 Å². The maximum atomic E-state index is 11.8. The summed E-state index contributed by atoms with van der Waals surface area (Å²) in [7, 11) is 0. The molecule has 0 aliphatic carbocycles. The van der Waals surface area contributed by atoms with Gasteiger partial charge in [0.15, 0.2) is 0 Å². The van der Waals surface area contributed by atoms with Crippen molar-refractivity contribution in [1.82, 2.24) is 0 Å². The Kier molecular flexibility index (Phi) is 4.49. The molecule has 1 fully saturated rings. The first-order valence-electron chi connectivity index (χ1n) is 5.78. The highest BCUT2D eigenvalue weighted by Gasteiger charge is 2.33. The summed E-state index contributed by atoms with van der Waals surface area (Å²) >= 11 is 2.05. The fourth-order valence-corrected chi connectivity index (χ4v) is 3.52. The summed E-state index contributed by atoms with van der Waals surface area (Å²) in [4.78, 5) is 11.8. The second kappa shape index (κ2) is 5.20. The molecule has 0 saturated carbocycles. The van der Waals surface area contributed by atoms with Crippen molar-refractivity contribution in [1.29, 1.82) is 0 Å². The largest absolute Gasteiger partial charge is 0.299 e. The Balaban J connectivity index is 2.51. The maximum Gasteiger partial charge on any atom is 0.136 e. The Morgan fingerprint density at radius 1 is 1.50 bits per heavy atom. The van der Waals surface area contributed by atoms with E-state index >= 15 is 0 Å². The van der Waals surface area contributed by atoms with E-state index in [1.807, 2.05) is 0 Å². The van der Waals surface area contributed by atoms with Gasteiger partial charge in [-0.25, -0.2) is 0 Å². The Morgan fingerprint density at radius 3 is 2.79 bits per heavy atom. The molecular formula is C12H22OS. The molecule has 1 aliphatic rings. The second-order valence-electron chi connectivity index (χ2n) is 4.56. The predicted molar refractivity (Wildman–Crippen MR) is 63.8 cm³/mol. The third-order valence-corrected chi connectivity index (χ3v) is 4.89. The van der Waals surface area contributed by atoms with Crippen LogP contribution in [0.1, 0.15) is 52.9 Å². The van der Waals surface area contributed by atoms with Gasteiger partial charge >= 0.3 is 0 Å². The molecule has 0 bridgehead atoms. The minimum absolute atomic E-state index is 0.362. The number of rotatable bonds is 4. The maximum absolute atomic E-state index is 11.8. The molecule has 2 heteroatoms. The smallest absolute Gasteiger partial charge is 0.136 e. The Bertz CT molecular complexity index is 202. The van der Waals surface area contributed by atoms with Crippen molar-refractivity contribution in [3.05, 3.63) is 0 Å². The summed E-state index contributed by atoms with van der Waals surface area (Å²) in [5.41, 5.74) is 0. The van der Waals surface area contributed by atoms with Crippen LogP contribution in [0.2, 0.25) is 0 Å². The Labute approximate surface area is 92.0 Å². The molecule has 0 spiro atoms. The van der Waals surface area contributed by atoms with Crippen molar-refractivity contribution in [3.63, 3.8) is 0 Å². The molecule has 82 valence electrons. The van der Waals surface area contributed by atoms with E-state index < -0.39 is 0 Å². The predicted octanol–water partition coefficient (Wildman–Crippen LogP) is 3.67. The van der Waals surface area contributed by atoms with Crippen LogP contribution in [0.5, 0.6) is 0 Å². The molecule has 0 aromatic rings. The topological polar surface area (TPSA) is 17.1 Å². The average Bonchev–Trinajstić information content (AvgIpc) is 2.18. The van der Waals surface area contributed by atoms with Gasteiger partial charge in [-0.3, -0.25) is 4.79 Å². The van der Waals surface area contributed by atoms with Crippen LogP contribution in [0.3, 0.4) is 0 Å². The summed E-state index contributed by atoms with van der Waals surface area (Å²) in [6.45, 7) is 6.64. The molecule has 1 rings (SSSR count). The van der Waals surface area contributed by atoms with Gasteiger partial charge in [-0.1, -0.05) is 20.8 Å². The normalized spacial score (nSPS) is 32.9. The number of carbonyl (C=O) groups excluding carboxylic acids is 1. The number of hydrogen-bond acceptors (Lipinski definition) is 2. The lowest BCUT2D eigenvalue weighted by atomic mass is 9.86. The highest BCUT2D eigenvalue weighted by atomic mass is 32.2. The monoisotopic (exact) mass is 214 g/mol. The number of carbonyl (C=O) groups is 1. The van der Waals surface area contributed by atoms with Gasteiger partial charge in [-0.05, 0) is 31.4 Å². The van der Waals surface area contributed by atoms with E-state index in [0.717, 1.165) is 25.7 Å². The van der Waals surface area contributed by atoms with Crippen molar-refractivity contribution in [2.24, 2.45) is 5.92 Å². The first-order valence-corrected chi connectivity index (χ1v) is 6.76. The summed E-state index contributed by atoms with van der Waals surface area (Å²) in [5, 5.41) is 0. The van der Waals surface area contributed by atoms with E-state index in [1.165, 1.54) is 12.2 Å². The first-order chi connectivity index (χ1) is 6.61. The van der Waals surface area contributed by atoms with E-state index in [9.17, 15) is 4.79 Å². The second-order valence-corrected chi connectivity index (χ2v) is 6.24. The summed E-state index contributed by atoms with van der Waals surface area (Å²) in [6.07, 6.45) is 5.19. The van der Waals surface area contributed by atoms with Crippen molar-refractivity contribution < 1.29 is 4.79 Å². The molecule has 0 aromatic carbocycles. The zero-order chi connectivity index (χ0) is 10.6. The zero-order valence-electron chi connectivity index (χ0n) is 9.64. The van der Waals surface area contributed by atoms with Crippen LogP contribution in [0.4, 0.5) is 0 Å². The SMILES string of the molecule is CCCC(=O)C1CCSC(C)(CC)C1. The number of Topliss-reactive ketones (excluding diaryl/α,β-unsaturated/α-hetero) is 1. The van der Waals surface area contributed by atoms with Gasteiger partial charge in [0.05, 0.1) is 0 Å². The van der Waals surface area contributed by atoms with Crippen LogP contribution in [0.25, 0.3) is 0 Å². The molecule has 1 aliphatic heterocycles. The third-order valence-electron chi connectivity index (χ3n) is 3.29. The lowest BCUT2D eigenvalue weighted by Crippen LogP contribution is -2.32. The van der Waals surface area contributed by atoms with Crippen LogP contribution < -0.4 is 0 Å². The van der Waals surface area contributed by atoms with E-state index in [-0.39, 0.29) is 0 Å². The number of hydrogen-bond donors (Lipinski definition) is 0. The molecule has 1 nitrogen and oxygen atoms in total. The molecular weight excluding hydrogens is 192 g/mol. The van der Waals surface area contributed by atoms with Crippen LogP contribution >= 0.6 is 11.8 Å². The van der Waals surface area contributed by atoms with Gasteiger partial charge in [-0.2, -0.15) is 11.8 Å². The lowest BCUT2D eigenvalue weighted by molar-refractivity contribution is -0.123. The Hall–Kier alpha value is 0.0200. The quantitative estimate of drug-likeness (QED) is 0.710. The fraction of sp³-hybridized carbons (Fsp3) is 0.917. The van der Waals surface area contributed by atoms with Gasteiger partial charge in [0.1, 0.15) is 5.78 Å². The summed E-state index contributed by atoms with van der Waals surface area (Å²) in [5.74, 6) is 2.04. The Morgan fingerprint density at radius 2 is 2.21 bits per heavy atom. The number of ketones is 1. The van der Waals surface area contributed by atoms with E-state index in [1.54, 1.807) is 0 Å². The van der Waals surface area contributed by atoms with Gasteiger partial charge in [-0.15, -0.1) is 0 Å². The van der Waals surface area contributed by atoms with Gasteiger partial charge in [0, 0.05) is 17.1 Å². The van der Waals surface area contributed by atoms with E-state index in [2.05, 4.69) is 32.5 Å². The zero-order valence-corrected chi connectivity index (χ0v) is 10.5. The molecule has 1 heterocycles. The van der Waals surface area contributed by atoms with Crippen LogP contribution in [0, 0.1) is 5.92 Å². The average molecular weight is 214 g/mol. The van der Waals surface area contributed by atoms with Crippen LogP contribution in [-0.4, -0.2) is 16.3 Å². The summed E-state index contributed by atoms with van der Waals surface area (Å²) in [6, 6.07) is 0. The van der Waals surface area contributed by atoms with Gasteiger partial charge < -0.3 is 0 Å². The van der Waals surface area contributed by atoms with Gasteiger partial charge in [0.2, 0.25) is 0 Å². The molecule has 0 amide bonds. The van der Waals surface area contributed by atoms with Crippen molar-refractivity contribution in [3.8, 4) is 0 Å². The minimum atomic E-state index is 0.362. The van der Waals surface area contributed by atoms with Crippen molar-refractivity contribution in [2.45, 2.75) is 57.6 Å². The first kappa shape index (κ1) is 12.1. The minimum Gasteiger partial charge on any atom is -0.299 e. The molecule has 0 N–H and O–H groups in total. The van der Waals surface area contributed by atoms with Gasteiger partial charge in [0.25, 0.3) is 0 Å². The highest BCUT2D eigenvalue weighted by Crippen LogP contribution is 2.41. The summed E-state index contributed by atoms with van der Waals surface area (Å²) < 4.78 is 0.367. The molecule has 2 unspecified atom stereocenters. The third kappa shape index (κ3) is 3.01. The highest BCUT2D eigenvalue weighted by molar-refractivity contribution is 8.00. The molecule has 0 aromatic heterocycles. The van der Waals surface area contributed by atoms with E-state index in [4.69, 9.17) is 0 Å². The van der Waals surface area contributed by atoms with Crippen LogP contribution in [-0.2, 0) is 4.79 Å². The number of thioether (sulfide) groups is 1. The van der Waals surface area contributed by atoms with Crippen molar-refractivity contribution >= 4 is 17.5 Å². The van der Waals surface area contributed by atoms with Crippen LogP contribution in [0.15, 0.2) is 0 Å².